The third kappa shape index (κ3) is 6.00. The lowest BCUT2D eigenvalue weighted by Crippen LogP contribution is -2.41. The third-order valence-electron chi connectivity index (χ3n) is 6.47. The van der Waals surface area contributed by atoms with Crippen LogP contribution in [0.1, 0.15) is 66.8 Å². The monoisotopic (exact) mass is 431 g/mol. The molecule has 2 aromatic carbocycles. The van der Waals surface area contributed by atoms with E-state index in [9.17, 15) is 9.59 Å². The first-order valence-electron chi connectivity index (χ1n) is 11.9. The number of piperidine rings is 1. The first-order valence-corrected chi connectivity index (χ1v) is 11.9. The van der Waals surface area contributed by atoms with E-state index in [0.29, 0.717) is 18.7 Å². The SMILES string of the molecule is O=C(NCCC1=CCCCC1)c1cccc([C@@H]2CCCN(C(=O)Nc3ccccc3)C2)c1. The van der Waals surface area contributed by atoms with E-state index in [1.54, 1.807) is 0 Å². The van der Waals surface area contributed by atoms with Crippen molar-refractivity contribution in [1.82, 2.24) is 10.2 Å². The van der Waals surface area contributed by atoms with Gasteiger partial charge in [0.1, 0.15) is 0 Å². The highest BCUT2D eigenvalue weighted by Gasteiger charge is 2.25. The molecule has 0 bridgehead atoms. The number of rotatable bonds is 6. The number of carbonyl (C=O) groups is 2. The number of hydrogen-bond acceptors (Lipinski definition) is 2. The van der Waals surface area contributed by atoms with Crippen LogP contribution in [0.5, 0.6) is 0 Å². The van der Waals surface area contributed by atoms with Gasteiger partial charge in [0, 0.05) is 36.8 Å². The molecule has 5 heteroatoms. The molecular weight excluding hydrogens is 398 g/mol. The van der Waals surface area contributed by atoms with Crippen LogP contribution in [0.2, 0.25) is 0 Å². The molecular formula is C27H33N3O2. The number of nitrogens with one attached hydrogen (secondary N) is 2. The minimum Gasteiger partial charge on any atom is -0.352 e. The molecule has 0 saturated carbocycles. The van der Waals surface area contributed by atoms with Crippen molar-refractivity contribution in [2.24, 2.45) is 0 Å². The van der Waals surface area contributed by atoms with Gasteiger partial charge in [0.25, 0.3) is 5.91 Å². The van der Waals surface area contributed by atoms with Gasteiger partial charge < -0.3 is 15.5 Å². The molecule has 2 aliphatic rings. The van der Waals surface area contributed by atoms with Gasteiger partial charge in [-0.05, 0) is 74.8 Å². The minimum absolute atomic E-state index is 0.0160. The van der Waals surface area contributed by atoms with Gasteiger partial charge in [0.05, 0.1) is 0 Å². The Morgan fingerprint density at radius 3 is 2.69 bits per heavy atom. The van der Waals surface area contributed by atoms with E-state index in [1.165, 1.54) is 31.3 Å². The maximum Gasteiger partial charge on any atom is 0.321 e. The molecule has 32 heavy (non-hydrogen) atoms. The van der Waals surface area contributed by atoms with E-state index in [2.05, 4.69) is 22.8 Å². The number of carbonyl (C=O) groups excluding carboxylic acids is 2. The van der Waals surface area contributed by atoms with Crippen molar-refractivity contribution in [3.63, 3.8) is 0 Å². The highest BCUT2D eigenvalue weighted by Crippen LogP contribution is 2.28. The molecule has 3 amide bonds. The second kappa shape index (κ2) is 11.0. The fourth-order valence-corrected chi connectivity index (χ4v) is 4.66. The van der Waals surface area contributed by atoms with Gasteiger partial charge >= 0.3 is 6.03 Å². The molecule has 5 nitrogen and oxygen atoms in total. The zero-order valence-electron chi connectivity index (χ0n) is 18.7. The summed E-state index contributed by atoms with van der Waals surface area (Å²) in [6.07, 6.45) is 10.2. The number of anilines is 1. The van der Waals surface area contributed by atoms with E-state index in [-0.39, 0.29) is 17.9 Å². The van der Waals surface area contributed by atoms with Crippen molar-refractivity contribution >= 4 is 17.6 Å². The summed E-state index contributed by atoms with van der Waals surface area (Å²) < 4.78 is 0. The normalized spacial score (nSPS) is 18.6. The lowest BCUT2D eigenvalue weighted by molar-refractivity contribution is 0.0953. The number of urea groups is 1. The molecule has 1 heterocycles. The van der Waals surface area contributed by atoms with Crippen LogP contribution in [0.4, 0.5) is 10.5 Å². The summed E-state index contributed by atoms with van der Waals surface area (Å²) in [5.41, 5.74) is 4.11. The Kier molecular flexibility index (Phi) is 7.59. The Labute approximate surface area is 190 Å². The van der Waals surface area contributed by atoms with E-state index in [1.807, 2.05) is 53.4 Å². The molecule has 1 fully saturated rings. The summed E-state index contributed by atoms with van der Waals surface area (Å²) in [5.74, 6) is 0.225. The number of allylic oxidation sites excluding steroid dienone is 1. The Morgan fingerprint density at radius 2 is 1.88 bits per heavy atom. The molecule has 168 valence electrons. The summed E-state index contributed by atoms with van der Waals surface area (Å²) >= 11 is 0. The van der Waals surface area contributed by atoms with Gasteiger partial charge in [-0.3, -0.25) is 4.79 Å². The van der Waals surface area contributed by atoms with Crippen LogP contribution >= 0.6 is 0 Å². The molecule has 1 aliphatic carbocycles. The fourth-order valence-electron chi connectivity index (χ4n) is 4.66. The number of amides is 3. The Morgan fingerprint density at radius 1 is 1.00 bits per heavy atom. The minimum atomic E-state index is -0.0631. The quantitative estimate of drug-likeness (QED) is 0.575. The van der Waals surface area contributed by atoms with Gasteiger partial charge in [-0.1, -0.05) is 42.0 Å². The average molecular weight is 432 g/mol. The number of likely N-dealkylation sites (tertiary alicyclic amines) is 1. The number of benzene rings is 2. The van der Waals surface area contributed by atoms with Crippen molar-refractivity contribution < 1.29 is 9.59 Å². The lowest BCUT2D eigenvalue weighted by atomic mass is 9.89. The summed E-state index contributed by atoms with van der Waals surface area (Å²) in [7, 11) is 0. The summed E-state index contributed by atoms with van der Waals surface area (Å²) in [6, 6.07) is 17.4. The summed E-state index contributed by atoms with van der Waals surface area (Å²) in [5, 5.41) is 6.06. The van der Waals surface area contributed by atoms with Gasteiger partial charge in [-0.25, -0.2) is 4.79 Å². The maximum absolute atomic E-state index is 12.7. The molecule has 4 rings (SSSR count). The first kappa shape index (κ1) is 22.1. The van der Waals surface area contributed by atoms with Crippen LogP contribution in [0.15, 0.2) is 66.2 Å². The van der Waals surface area contributed by atoms with Crippen molar-refractivity contribution in [2.75, 3.05) is 25.0 Å². The van der Waals surface area contributed by atoms with Crippen molar-refractivity contribution in [1.29, 1.82) is 0 Å². The molecule has 0 unspecified atom stereocenters. The molecule has 0 radical (unpaired) electrons. The van der Waals surface area contributed by atoms with Gasteiger partial charge in [-0.2, -0.15) is 0 Å². The molecule has 1 aliphatic heterocycles. The van der Waals surface area contributed by atoms with Gasteiger partial charge in [0.2, 0.25) is 0 Å². The van der Waals surface area contributed by atoms with Crippen molar-refractivity contribution in [2.45, 2.75) is 50.9 Å². The predicted octanol–water partition coefficient (Wildman–Crippen LogP) is 5.72. The van der Waals surface area contributed by atoms with Crippen LogP contribution in [-0.2, 0) is 0 Å². The summed E-state index contributed by atoms with van der Waals surface area (Å²) in [6.45, 7) is 2.11. The largest absolute Gasteiger partial charge is 0.352 e. The van der Waals surface area contributed by atoms with Gasteiger partial charge in [0.15, 0.2) is 0 Å². The van der Waals surface area contributed by atoms with Crippen LogP contribution in [0, 0.1) is 0 Å². The van der Waals surface area contributed by atoms with Crippen LogP contribution in [0.25, 0.3) is 0 Å². The Bertz CT molecular complexity index is 954. The van der Waals surface area contributed by atoms with E-state index in [0.717, 1.165) is 37.1 Å². The molecule has 0 aromatic heterocycles. The van der Waals surface area contributed by atoms with Gasteiger partial charge in [-0.15, -0.1) is 0 Å². The van der Waals surface area contributed by atoms with E-state index < -0.39 is 0 Å². The smallest absolute Gasteiger partial charge is 0.321 e. The van der Waals surface area contributed by atoms with E-state index >= 15 is 0 Å². The Hall–Kier alpha value is -3.08. The molecule has 2 N–H and O–H groups in total. The third-order valence-corrected chi connectivity index (χ3v) is 6.47. The van der Waals surface area contributed by atoms with E-state index in [4.69, 9.17) is 0 Å². The standard InChI is InChI=1S/C27H33N3O2/c31-26(28-17-16-21-9-3-1-4-10-21)23-12-7-11-22(19-23)24-13-8-18-30(20-24)27(32)29-25-14-5-2-6-15-25/h2,5-7,9,11-12,14-15,19,24H,1,3-4,8,10,13,16-18,20H2,(H,28,31)(H,29,32)/t24-/m1/s1. The number of hydrogen-bond donors (Lipinski definition) is 2. The van der Waals surface area contributed by atoms with Crippen LogP contribution in [-0.4, -0.2) is 36.5 Å². The highest BCUT2D eigenvalue weighted by atomic mass is 16.2. The molecule has 2 aromatic rings. The van der Waals surface area contributed by atoms with Crippen molar-refractivity contribution in [3.05, 3.63) is 77.4 Å². The molecule has 1 saturated heterocycles. The number of nitrogens with zero attached hydrogens (tertiary/aromatic N) is 1. The lowest BCUT2D eigenvalue weighted by Gasteiger charge is -2.33. The predicted molar refractivity (Wildman–Crippen MR) is 129 cm³/mol. The second-order valence-corrected chi connectivity index (χ2v) is 8.82. The highest BCUT2D eigenvalue weighted by molar-refractivity contribution is 5.94. The number of para-hydroxylation sites is 1. The summed E-state index contributed by atoms with van der Waals surface area (Å²) in [4.78, 5) is 27.3. The fraction of sp³-hybridized carbons (Fsp3) is 0.407. The second-order valence-electron chi connectivity index (χ2n) is 8.82. The van der Waals surface area contributed by atoms with Crippen LogP contribution in [0.3, 0.4) is 0 Å². The maximum atomic E-state index is 12.7. The molecule has 1 atom stereocenters. The van der Waals surface area contributed by atoms with Crippen molar-refractivity contribution in [3.8, 4) is 0 Å². The van der Waals surface area contributed by atoms with Crippen LogP contribution < -0.4 is 10.6 Å². The Balaban J connectivity index is 1.33. The zero-order chi connectivity index (χ0) is 22.2. The first-order chi connectivity index (χ1) is 15.7. The topological polar surface area (TPSA) is 61.4 Å². The zero-order valence-corrected chi connectivity index (χ0v) is 18.7. The molecule has 0 spiro atoms. The average Bonchev–Trinajstić information content (AvgIpc) is 2.85.